The number of carbonyl (C=O) groups is 2. The van der Waals surface area contributed by atoms with Crippen molar-refractivity contribution in [2.24, 2.45) is 0 Å². The average molecular weight is 221 g/mol. The van der Waals surface area contributed by atoms with Gasteiger partial charge in [-0.3, -0.25) is 9.59 Å². The molecule has 0 bridgehead atoms. The lowest BCUT2D eigenvalue weighted by Gasteiger charge is -2.20. The van der Waals surface area contributed by atoms with E-state index >= 15 is 0 Å². The molecule has 1 atom stereocenters. The van der Waals surface area contributed by atoms with E-state index in [0.29, 0.717) is 16.0 Å². The predicted octanol–water partition coefficient (Wildman–Crippen LogP) is 0.595. The van der Waals surface area contributed by atoms with Gasteiger partial charge in [0.25, 0.3) is 11.8 Å². The van der Waals surface area contributed by atoms with E-state index in [1.807, 2.05) is 0 Å². The molecule has 0 radical (unpaired) electrons. The minimum atomic E-state index is -1.52. The third kappa shape index (κ3) is 1.50. The summed E-state index contributed by atoms with van der Waals surface area (Å²) in [4.78, 5) is 24.3. The largest absolute Gasteiger partial charge is 0.351 e. The molecular weight excluding hydrogens is 210 g/mol. The van der Waals surface area contributed by atoms with Crippen LogP contribution in [0, 0.1) is 0 Å². The van der Waals surface area contributed by atoms with Gasteiger partial charge in [0.1, 0.15) is 0 Å². The highest BCUT2D eigenvalue weighted by atomic mass is 16.6. The number of aliphatic hydroxyl groups is 1. The highest BCUT2D eigenvalue weighted by Crippen LogP contribution is 2.23. The van der Waals surface area contributed by atoms with Crippen LogP contribution in [0.3, 0.4) is 0 Å². The lowest BCUT2D eigenvalue weighted by atomic mass is 10.1. The predicted molar refractivity (Wildman–Crippen MR) is 54.6 cm³/mol. The van der Waals surface area contributed by atoms with E-state index in [-0.39, 0.29) is 6.61 Å². The maximum atomic E-state index is 11.8. The summed E-state index contributed by atoms with van der Waals surface area (Å²) in [5, 5.41) is 9.52. The number of benzene rings is 1. The van der Waals surface area contributed by atoms with Crippen molar-refractivity contribution < 1.29 is 19.4 Å². The highest BCUT2D eigenvalue weighted by Gasteiger charge is 2.39. The van der Waals surface area contributed by atoms with E-state index in [4.69, 9.17) is 4.74 Å². The molecule has 84 valence electrons. The first-order chi connectivity index (χ1) is 7.66. The molecule has 0 spiro atoms. The Balaban J connectivity index is 2.35. The van der Waals surface area contributed by atoms with Crippen molar-refractivity contribution in [2.45, 2.75) is 13.3 Å². The van der Waals surface area contributed by atoms with Crippen LogP contribution in [0.15, 0.2) is 24.3 Å². The van der Waals surface area contributed by atoms with Crippen LogP contribution >= 0.6 is 0 Å². The Morgan fingerprint density at radius 2 is 1.75 bits per heavy atom. The molecule has 1 aliphatic rings. The summed E-state index contributed by atoms with van der Waals surface area (Å²) in [5.41, 5.74) is 0.595. The maximum Gasteiger partial charge on any atom is 0.265 e. The van der Waals surface area contributed by atoms with Gasteiger partial charge in [-0.15, -0.1) is 0 Å². The molecular formula is C11H11NO4. The molecule has 16 heavy (non-hydrogen) atoms. The van der Waals surface area contributed by atoms with Crippen molar-refractivity contribution in [3.8, 4) is 0 Å². The first kappa shape index (κ1) is 10.8. The van der Waals surface area contributed by atoms with Crippen molar-refractivity contribution in [1.29, 1.82) is 0 Å². The van der Waals surface area contributed by atoms with Crippen LogP contribution in [-0.2, 0) is 4.74 Å². The van der Waals surface area contributed by atoms with Crippen LogP contribution in [0.2, 0.25) is 0 Å². The van der Waals surface area contributed by atoms with E-state index in [1.54, 1.807) is 31.2 Å². The van der Waals surface area contributed by atoms with Crippen molar-refractivity contribution in [1.82, 2.24) is 4.90 Å². The van der Waals surface area contributed by atoms with E-state index < -0.39 is 18.2 Å². The quantitative estimate of drug-likeness (QED) is 0.599. The molecule has 0 aromatic heterocycles. The minimum absolute atomic E-state index is 0.217. The smallest absolute Gasteiger partial charge is 0.265 e. The van der Waals surface area contributed by atoms with Crippen LogP contribution in [0.25, 0.3) is 0 Å². The number of fused-ring (bicyclic) bond motifs is 1. The van der Waals surface area contributed by atoms with Gasteiger partial charge in [-0.2, -0.15) is 0 Å². The highest BCUT2D eigenvalue weighted by molar-refractivity contribution is 6.21. The zero-order chi connectivity index (χ0) is 11.7. The number of carbonyl (C=O) groups excluding carboxylic acids is 2. The van der Waals surface area contributed by atoms with Crippen molar-refractivity contribution in [2.75, 3.05) is 6.61 Å². The Morgan fingerprint density at radius 3 is 2.19 bits per heavy atom. The molecule has 0 saturated heterocycles. The summed E-state index contributed by atoms with van der Waals surface area (Å²) in [6, 6.07) is 6.43. The Labute approximate surface area is 92.2 Å². The number of amides is 2. The Hall–Kier alpha value is -1.72. The Bertz CT molecular complexity index is 408. The minimum Gasteiger partial charge on any atom is -0.351 e. The Kier molecular flexibility index (Phi) is 2.72. The zero-order valence-electron chi connectivity index (χ0n) is 8.71. The molecule has 0 saturated carbocycles. The molecule has 2 amide bonds. The summed E-state index contributed by atoms with van der Waals surface area (Å²) in [6.07, 6.45) is -1.52. The molecule has 1 N–H and O–H groups in total. The summed E-state index contributed by atoms with van der Waals surface area (Å²) in [7, 11) is 0. The molecule has 1 aliphatic heterocycles. The lowest BCUT2D eigenvalue weighted by Crippen LogP contribution is -2.41. The first-order valence-corrected chi connectivity index (χ1v) is 4.93. The second-order valence-electron chi connectivity index (χ2n) is 3.31. The van der Waals surface area contributed by atoms with E-state index in [9.17, 15) is 14.7 Å². The second kappa shape index (κ2) is 4.03. The third-order valence-electron chi connectivity index (χ3n) is 2.36. The molecule has 1 heterocycles. The number of nitrogens with zero attached hydrogens (tertiary/aromatic N) is 1. The Morgan fingerprint density at radius 1 is 1.25 bits per heavy atom. The van der Waals surface area contributed by atoms with Crippen LogP contribution in [0.1, 0.15) is 27.6 Å². The maximum absolute atomic E-state index is 11.8. The fourth-order valence-electron chi connectivity index (χ4n) is 1.63. The molecule has 1 unspecified atom stereocenters. The van der Waals surface area contributed by atoms with Gasteiger partial charge in [-0.1, -0.05) is 12.1 Å². The van der Waals surface area contributed by atoms with E-state index in [1.165, 1.54) is 0 Å². The number of rotatable bonds is 3. The van der Waals surface area contributed by atoms with Gasteiger partial charge < -0.3 is 9.84 Å². The van der Waals surface area contributed by atoms with E-state index in [2.05, 4.69) is 0 Å². The van der Waals surface area contributed by atoms with Crippen LogP contribution in [0.4, 0.5) is 0 Å². The fourth-order valence-corrected chi connectivity index (χ4v) is 1.63. The SMILES string of the molecule is CCOC(O)N1C(=O)c2ccccc2C1=O. The summed E-state index contributed by atoms with van der Waals surface area (Å²) >= 11 is 0. The van der Waals surface area contributed by atoms with Gasteiger partial charge in [0.2, 0.25) is 6.41 Å². The van der Waals surface area contributed by atoms with Crippen molar-refractivity contribution in [3.63, 3.8) is 0 Å². The van der Waals surface area contributed by atoms with Crippen molar-refractivity contribution in [3.05, 3.63) is 35.4 Å². The molecule has 0 fully saturated rings. The van der Waals surface area contributed by atoms with Gasteiger partial charge in [0, 0.05) is 6.61 Å². The van der Waals surface area contributed by atoms with Crippen molar-refractivity contribution >= 4 is 11.8 Å². The van der Waals surface area contributed by atoms with Gasteiger partial charge in [0.15, 0.2) is 0 Å². The summed E-state index contributed by atoms with van der Waals surface area (Å²) in [6.45, 7) is 1.88. The molecule has 5 heteroatoms. The zero-order valence-corrected chi connectivity index (χ0v) is 8.71. The number of ether oxygens (including phenoxy) is 1. The molecule has 1 aromatic rings. The normalized spacial score (nSPS) is 16.5. The fraction of sp³-hybridized carbons (Fsp3) is 0.273. The average Bonchev–Trinajstić information content (AvgIpc) is 2.53. The number of hydrogen-bond acceptors (Lipinski definition) is 4. The standard InChI is InChI=1S/C11H11NO4/c1-2-16-11(15)12-9(13)7-5-3-4-6-8(7)10(12)14/h3-6,11,15H,2H2,1H3. The number of hydrogen-bond donors (Lipinski definition) is 1. The first-order valence-electron chi connectivity index (χ1n) is 4.93. The lowest BCUT2D eigenvalue weighted by molar-refractivity contribution is -0.157. The van der Waals surface area contributed by atoms with Crippen LogP contribution < -0.4 is 0 Å². The molecule has 0 aliphatic carbocycles. The summed E-state index contributed by atoms with van der Waals surface area (Å²) in [5.74, 6) is -1.05. The van der Waals surface area contributed by atoms with Gasteiger partial charge in [-0.05, 0) is 19.1 Å². The van der Waals surface area contributed by atoms with Crippen LogP contribution in [-0.4, -0.2) is 34.8 Å². The molecule has 1 aromatic carbocycles. The van der Waals surface area contributed by atoms with E-state index in [0.717, 1.165) is 0 Å². The third-order valence-corrected chi connectivity index (χ3v) is 2.36. The monoisotopic (exact) mass is 221 g/mol. The number of aliphatic hydroxyl groups excluding tert-OH is 1. The van der Waals surface area contributed by atoms with Gasteiger partial charge >= 0.3 is 0 Å². The van der Waals surface area contributed by atoms with Gasteiger partial charge in [0.05, 0.1) is 11.1 Å². The van der Waals surface area contributed by atoms with Crippen LogP contribution in [0.5, 0.6) is 0 Å². The topological polar surface area (TPSA) is 66.8 Å². The number of imide groups is 1. The molecule has 2 rings (SSSR count). The molecule has 5 nitrogen and oxygen atoms in total. The van der Waals surface area contributed by atoms with Gasteiger partial charge in [-0.25, -0.2) is 4.90 Å². The second-order valence-corrected chi connectivity index (χ2v) is 3.31. The summed E-state index contributed by atoms with van der Waals surface area (Å²) < 4.78 is 4.84.